The zero-order valence-corrected chi connectivity index (χ0v) is 17.7. The maximum Gasteiger partial charge on any atom is 0.356 e. The number of nitrogens with zero attached hydrogens (tertiary/aromatic N) is 2. The molecule has 2 amide bonds. The fourth-order valence-electron chi connectivity index (χ4n) is 4.23. The van der Waals surface area contributed by atoms with Gasteiger partial charge in [0.25, 0.3) is 11.8 Å². The Balaban J connectivity index is 1.52. The highest BCUT2D eigenvalue weighted by atomic mass is 19.1. The fraction of sp³-hybridized carbons (Fsp3) is 0.273. The first-order valence-corrected chi connectivity index (χ1v) is 10.1. The predicted molar refractivity (Wildman–Crippen MR) is 111 cm³/mol. The maximum atomic E-state index is 14.7. The Morgan fingerprint density at radius 1 is 1.27 bits per heavy atom. The summed E-state index contributed by atoms with van der Waals surface area (Å²) in [6.45, 7) is 0.155. The third-order valence-corrected chi connectivity index (χ3v) is 5.92. The van der Waals surface area contributed by atoms with Crippen molar-refractivity contribution in [1.29, 1.82) is 0 Å². The quantitative estimate of drug-likeness (QED) is 0.553. The Morgan fingerprint density at radius 3 is 2.79 bits per heavy atom. The van der Waals surface area contributed by atoms with Gasteiger partial charge in [0.15, 0.2) is 22.7 Å². The van der Waals surface area contributed by atoms with Crippen molar-refractivity contribution >= 4 is 28.9 Å². The molecule has 3 aromatic rings. The number of nitrogens with one attached hydrogen (secondary N) is 2. The Morgan fingerprint density at radius 2 is 2.09 bits per heavy atom. The number of methoxy groups -OCH3 is 2. The van der Waals surface area contributed by atoms with Crippen molar-refractivity contribution in [1.82, 2.24) is 20.5 Å². The van der Waals surface area contributed by atoms with Gasteiger partial charge in [0, 0.05) is 12.6 Å². The van der Waals surface area contributed by atoms with Gasteiger partial charge in [-0.05, 0) is 23.8 Å². The molecule has 1 atom stereocenters. The Hall–Kier alpha value is -3.99. The molecule has 1 unspecified atom stereocenters. The van der Waals surface area contributed by atoms with Crippen molar-refractivity contribution < 1.29 is 32.7 Å². The van der Waals surface area contributed by atoms with Crippen LogP contribution in [0.1, 0.15) is 32.2 Å². The summed E-state index contributed by atoms with van der Waals surface area (Å²) >= 11 is 0. The first-order chi connectivity index (χ1) is 15.9. The highest BCUT2D eigenvalue weighted by Crippen LogP contribution is 2.35. The number of carbonyl (C=O) groups excluding carboxylic acids is 3. The number of amides is 2. The molecule has 5 rings (SSSR count). The largest absolute Gasteiger partial charge is 0.494 e. The van der Waals surface area contributed by atoms with E-state index in [2.05, 4.69) is 15.6 Å². The minimum Gasteiger partial charge on any atom is -0.494 e. The van der Waals surface area contributed by atoms with E-state index in [0.717, 1.165) is 0 Å². The number of rotatable bonds is 5. The predicted octanol–water partition coefficient (Wildman–Crippen LogP) is 1.29. The summed E-state index contributed by atoms with van der Waals surface area (Å²) in [7, 11) is 2.57. The second-order valence-electron chi connectivity index (χ2n) is 7.72. The number of hydrogen-bond donors (Lipinski definition) is 2. The van der Waals surface area contributed by atoms with Gasteiger partial charge in [-0.3, -0.25) is 14.9 Å². The summed E-state index contributed by atoms with van der Waals surface area (Å²) in [6.07, 6.45) is 0. The molecule has 0 aliphatic carbocycles. The number of fused-ring (bicyclic) bond motifs is 2. The lowest BCUT2D eigenvalue weighted by molar-refractivity contribution is -0.125. The van der Waals surface area contributed by atoms with Crippen molar-refractivity contribution in [3.63, 3.8) is 0 Å². The lowest BCUT2D eigenvalue weighted by Crippen LogP contribution is -2.52. The SMILES string of the molecule is COC(=O)c1ccc2oc(C3(CN4Cc5ccc(OC)c(F)c5C4=O)NCNC3=O)cc2n1. The molecule has 2 aliphatic heterocycles. The Labute approximate surface area is 186 Å². The van der Waals surface area contributed by atoms with E-state index in [4.69, 9.17) is 13.9 Å². The number of aromatic nitrogens is 1. The van der Waals surface area contributed by atoms with Crippen LogP contribution in [0.15, 0.2) is 34.7 Å². The van der Waals surface area contributed by atoms with Gasteiger partial charge in [0.05, 0.1) is 33.0 Å². The van der Waals surface area contributed by atoms with Crippen molar-refractivity contribution in [2.75, 3.05) is 27.4 Å². The zero-order chi connectivity index (χ0) is 23.3. The highest BCUT2D eigenvalue weighted by Gasteiger charge is 2.50. The smallest absolute Gasteiger partial charge is 0.356 e. The molecule has 0 saturated carbocycles. The third-order valence-electron chi connectivity index (χ3n) is 5.92. The van der Waals surface area contributed by atoms with Crippen molar-refractivity contribution in [2.24, 2.45) is 0 Å². The van der Waals surface area contributed by atoms with E-state index in [1.54, 1.807) is 12.1 Å². The molecule has 2 aromatic heterocycles. The number of pyridine rings is 1. The standard InChI is InChI=1S/C22H19FN4O6/c1-31-15-5-3-11-8-27(19(28)17(11)18(15)23)9-22(21(30)24-10-25-22)16-7-13-14(33-16)6-4-12(26-13)20(29)32-2/h3-7,25H,8-10H2,1-2H3,(H,24,30). The third kappa shape index (κ3) is 3.11. The number of benzene rings is 1. The monoisotopic (exact) mass is 454 g/mol. The van der Waals surface area contributed by atoms with Gasteiger partial charge in [-0.25, -0.2) is 14.2 Å². The van der Waals surface area contributed by atoms with Gasteiger partial charge in [-0.1, -0.05) is 6.07 Å². The van der Waals surface area contributed by atoms with Crippen molar-refractivity contribution in [3.8, 4) is 5.75 Å². The molecule has 170 valence electrons. The summed E-state index contributed by atoms with van der Waals surface area (Å²) in [4.78, 5) is 43.4. The van der Waals surface area contributed by atoms with Crippen LogP contribution in [0.5, 0.6) is 5.75 Å². The number of halogens is 1. The first kappa shape index (κ1) is 20.9. The van der Waals surface area contributed by atoms with Gasteiger partial charge < -0.3 is 24.1 Å². The summed E-state index contributed by atoms with van der Waals surface area (Å²) in [5, 5.41) is 5.77. The average molecular weight is 454 g/mol. The summed E-state index contributed by atoms with van der Waals surface area (Å²) in [5.41, 5.74) is -0.210. The molecule has 2 N–H and O–H groups in total. The molecule has 33 heavy (non-hydrogen) atoms. The lowest BCUT2D eigenvalue weighted by atomic mass is 9.95. The van der Waals surface area contributed by atoms with Crippen LogP contribution < -0.4 is 15.4 Å². The van der Waals surface area contributed by atoms with Crippen molar-refractivity contribution in [3.05, 3.63) is 58.7 Å². The molecule has 0 radical (unpaired) electrons. The second kappa shape index (κ2) is 7.55. The van der Waals surface area contributed by atoms with E-state index in [1.807, 2.05) is 0 Å². The van der Waals surface area contributed by atoms with Crippen LogP contribution in [0.3, 0.4) is 0 Å². The molecular formula is C22H19FN4O6. The summed E-state index contributed by atoms with van der Waals surface area (Å²) < 4.78 is 30.3. The normalized spacial score (nSPS) is 19.7. The minimum atomic E-state index is -1.43. The van der Waals surface area contributed by atoms with E-state index in [-0.39, 0.29) is 42.5 Å². The van der Waals surface area contributed by atoms with Crippen molar-refractivity contribution in [2.45, 2.75) is 12.1 Å². The van der Waals surface area contributed by atoms with Crippen LogP contribution in [-0.4, -0.2) is 55.1 Å². The number of ether oxygens (including phenoxy) is 2. The van der Waals surface area contributed by atoms with Crippen LogP contribution in [0, 0.1) is 5.82 Å². The fourth-order valence-corrected chi connectivity index (χ4v) is 4.23. The molecule has 1 saturated heterocycles. The van der Waals surface area contributed by atoms with E-state index < -0.39 is 29.1 Å². The number of furan rings is 1. The van der Waals surface area contributed by atoms with Gasteiger partial charge in [-0.15, -0.1) is 0 Å². The lowest BCUT2D eigenvalue weighted by Gasteiger charge is -2.29. The second-order valence-corrected chi connectivity index (χ2v) is 7.72. The van der Waals surface area contributed by atoms with Gasteiger partial charge in [0.2, 0.25) is 0 Å². The van der Waals surface area contributed by atoms with Crippen LogP contribution >= 0.6 is 0 Å². The molecule has 1 fully saturated rings. The zero-order valence-electron chi connectivity index (χ0n) is 17.7. The molecule has 2 aliphatic rings. The molecule has 4 heterocycles. The van der Waals surface area contributed by atoms with Gasteiger partial charge in [-0.2, -0.15) is 0 Å². The van der Waals surface area contributed by atoms with Crippen LogP contribution in [-0.2, 0) is 21.6 Å². The molecule has 1 aromatic carbocycles. The number of carbonyl (C=O) groups is 3. The van der Waals surface area contributed by atoms with Crippen LogP contribution in [0.4, 0.5) is 4.39 Å². The van der Waals surface area contributed by atoms with Gasteiger partial charge in [0.1, 0.15) is 17.0 Å². The van der Waals surface area contributed by atoms with Crippen LogP contribution in [0.25, 0.3) is 11.1 Å². The molecular weight excluding hydrogens is 435 g/mol. The Bertz CT molecular complexity index is 1320. The highest BCUT2D eigenvalue weighted by molar-refractivity contribution is 6.00. The van der Waals surface area contributed by atoms with E-state index >= 15 is 0 Å². The minimum absolute atomic E-state index is 0.0276. The number of hydrogen-bond acceptors (Lipinski definition) is 8. The topological polar surface area (TPSA) is 123 Å². The Kier molecular flexibility index (Phi) is 4.78. The van der Waals surface area contributed by atoms with Gasteiger partial charge >= 0.3 is 5.97 Å². The molecule has 11 heteroatoms. The molecule has 10 nitrogen and oxygen atoms in total. The first-order valence-electron chi connectivity index (χ1n) is 10.1. The maximum absolute atomic E-state index is 14.7. The van der Waals surface area contributed by atoms with Crippen LogP contribution in [0.2, 0.25) is 0 Å². The van der Waals surface area contributed by atoms with E-state index in [9.17, 15) is 18.8 Å². The van der Waals surface area contributed by atoms with E-state index in [0.29, 0.717) is 16.7 Å². The average Bonchev–Trinajstić information content (AvgIpc) is 3.49. The molecule has 0 bridgehead atoms. The number of esters is 1. The summed E-state index contributed by atoms with van der Waals surface area (Å²) in [5.74, 6) is -2.11. The van der Waals surface area contributed by atoms with E-state index in [1.165, 1.54) is 37.3 Å². The molecule has 0 spiro atoms. The summed E-state index contributed by atoms with van der Waals surface area (Å²) in [6, 6.07) is 7.63.